The fraction of sp³-hybridized carbons (Fsp3) is 0.650. The van der Waals surface area contributed by atoms with Crippen LogP contribution in [0.25, 0.3) is 0 Å². The molecule has 0 radical (unpaired) electrons. The van der Waals surface area contributed by atoms with Crippen LogP contribution in [-0.2, 0) is 11.3 Å². The van der Waals surface area contributed by atoms with E-state index < -0.39 is 0 Å². The highest BCUT2D eigenvalue weighted by molar-refractivity contribution is 5.78. The molecule has 2 atom stereocenters. The summed E-state index contributed by atoms with van der Waals surface area (Å²) in [5, 5.41) is 0. The lowest BCUT2D eigenvalue weighted by Gasteiger charge is -2.40. The average molecular weight is 348 g/mol. The summed E-state index contributed by atoms with van der Waals surface area (Å²) in [6, 6.07) is 8.94. The van der Waals surface area contributed by atoms with E-state index in [-0.39, 0.29) is 5.91 Å². The van der Waals surface area contributed by atoms with Gasteiger partial charge >= 0.3 is 0 Å². The first-order valence-corrected chi connectivity index (χ1v) is 9.26. The molecule has 0 unspecified atom stereocenters. The van der Waals surface area contributed by atoms with Crippen molar-refractivity contribution in [3.05, 3.63) is 29.8 Å². The minimum absolute atomic E-state index is 0.152. The lowest BCUT2D eigenvalue weighted by molar-refractivity contribution is -0.132. The Labute approximate surface area is 152 Å². The Morgan fingerprint density at radius 2 is 2.04 bits per heavy atom. The summed E-state index contributed by atoms with van der Waals surface area (Å²) in [5.74, 6) is 0.982. The normalized spacial score (nSPS) is 21.4. The number of piperidine rings is 1. The predicted octanol–water partition coefficient (Wildman–Crippen LogP) is 2.46. The number of carbonyl (C=O) groups excluding carboxylic acids is 1. The Morgan fingerprint density at radius 1 is 1.32 bits per heavy atom. The molecule has 1 amide bonds. The Morgan fingerprint density at radius 3 is 2.68 bits per heavy atom. The van der Waals surface area contributed by atoms with Crippen LogP contribution in [0.2, 0.25) is 0 Å². The number of rotatable bonds is 7. The molecule has 0 aromatic heterocycles. The third-order valence-electron chi connectivity index (χ3n) is 5.43. The van der Waals surface area contributed by atoms with E-state index in [0.29, 0.717) is 25.2 Å². The number of para-hydroxylation sites is 1. The van der Waals surface area contributed by atoms with Crippen LogP contribution < -0.4 is 4.74 Å². The van der Waals surface area contributed by atoms with Crippen LogP contribution in [0.15, 0.2) is 24.3 Å². The van der Waals surface area contributed by atoms with Crippen LogP contribution in [0.5, 0.6) is 5.75 Å². The first kappa shape index (κ1) is 19.7. The second-order valence-electron chi connectivity index (χ2n) is 7.13. The number of likely N-dealkylation sites (tertiary alicyclic amines) is 1. The molecule has 0 spiro atoms. The van der Waals surface area contributed by atoms with Gasteiger partial charge < -0.3 is 14.5 Å². The fourth-order valence-corrected chi connectivity index (χ4v) is 3.71. The van der Waals surface area contributed by atoms with Crippen LogP contribution in [0, 0.1) is 0 Å². The molecule has 0 saturated carbocycles. The van der Waals surface area contributed by atoms with Crippen molar-refractivity contribution in [2.45, 2.75) is 45.3 Å². The van der Waals surface area contributed by atoms with Crippen molar-refractivity contribution >= 4 is 5.91 Å². The second kappa shape index (κ2) is 9.20. The summed E-state index contributed by atoms with van der Waals surface area (Å²) in [4.78, 5) is 19.2. The van der Waals surface area contributed by atoms with Gasteiger partial charge in [-0.15, -0.1) is 0 Å². The van der Waals surface area contributed by atoms with E-state index in [2.05, 4.69) is 30.7 Å². The van der Waals surface area contributed by atoms with Gasteiger partial charge in [0, 0.05) is 31.2 Å². The first-order chi connectivity index (χ1) is 12.0. The minimum atomic E-state index is 0.152. The van der Waals surface area contributed by atoms with Crippen LogP contribution in [0.1, 0.15) is 32.3 Å². The molecule has 0 bridgehead atoms. The van der Waals surface area contributed by atoms with E-state index in [1.165, 1.54) is 0 Å². The van der Waals surface area contributed by atoms with E-state index in [1.54, 1.807) is 12.0 Å². The zero-order chi connectivity index (χ0) is 18.4. The minimum Gasteiger partial charge on any atom is -0.496 e. The van der Waals surface area contributed by atoms with Crippen LogP contribution in [0.4, 0.5) is 0 Å². The maximum absolute atomic E-state index is 12.6. The predicted molar refractivity (Wildman–Crippen MR) is 102 cm³/mol. The van der Waals surface area contributed by atoms with E-state index >= 15 is 0 Å². The van der Waals surface area contributed by atoms with E-state index in [4.69, 9.17) is 4.74 Å². The highest BCUT2D eigenvalue weighted by Crippen LogP contribution is 2.21. The number of amides is 1. The zero-order valence-electron chi connectivity index (χ0n) is 16.4. The molecule has 1 saturated heterocycles. The van der Waals surface area contributed by atoms with E-state index in [9.17, 15) is 4.79 Å². The number of likely N-dealkylation sites (N-methyl/N-ethyl adjacent to an activating group) is 2. The number of ether oxygens (including phenoxy) is 1. The van der Waals surface area contributed by atoms with Crippen LogP contribution in [-0.4, -0.2) is 73.5 Å². The Hall–Kier alpha value is -1.59. The van der Waals surface area contributed by atoms with Crippen molar-refractivity contribution < 1.29 is 9.53 Å². The van der Waals surface area contributed by atoms with Crippen molar-refractivity contribution in [3.63, 3.8) is 0 Å². The number of hydrogen-bond acceptors (Lipinski definition) is 4. The maximum atomic E-state index is 12.6. The van der Waals surface area contributed by atoms with Gasteiger partial charge in [0.2, 0.25) is 5.91 Å². The highest BCUT2D eigenvalue weighted by atomic mass is 16.5. The van der Waals surface area contributed by atoms with Gasteiger partial charge in [0.1, 0.15) is 5.75 Å². The number of nitrogens with zero attached hydrogens (tertiary/aromatic N) is 3. The van der Waals surface area contributed by atoms with Gasteiger partial charge in [0.05, 0.1) is 13.7 Å². The van der Waals surface area contributed by atoms with Crippen molar-refractivity contribution in [1.29, 1.82) is 0 Å². The van der Waals surface area contributed by atoms with Crippen molar-refractivity contribution in [3.8, 4) is 5.75 Å². The SMILES string of the molecule is CCN1CC[C@H](N(C)CC(=O)N(C)Cc2ccccc2OC)C[C@@H]1C. The van der Waals surface area contributed by atoms with Gasteiger partial charge in [-0.3, -0.25) is 9.69 Å². The molecular formula is C20H33N3O2. The monoisotopic (exact) mass is 347 g/mol. The second-order valence-corrected chi connectivity index (χ2v) is 7.13. The Kier molecular flexibility index (Phi) is 7.26. The quantitative estimate of drug-likeness (QED) is 0.759. The number of benzene rings is 1. The molecule has 1 heterocycles. The summed E-state index contributed by atoms with van der Waals surface area (Å²) < 4.78 is 5.38. The van der Waals surface area contributed by atoms with Crippen molar-refractivity contribution in [2.24, 2.45) is 0 Å². The molecule has 1 aliphatic rings. The summed E-state index contributed by atoms with van der Waals surface area (Å²) >= 11 is 0. The maximum Gasteiger partial charge on any atom is 0.236 e. The molecule has 1 aromatic carbocycles. The van der Waals surface area contributed by atoms with Crippen molar-refractivity contribution in [1.82, 2.24) is 14.7 Å². The standard InChI is InChI=1S/C20H33N3O2/c1-6-23-12-11-18(13-16(23)2)21(3)15-20(24)22(4)14-17-9-7-8-10-19(17)25-5/h7-10,16,18H,6,11-15H2,1-5H3/t16-,18-/m0/s1. The number of methoxy groups -OCH3 is 1. The van der Waals surface area contributed by atoms with Gasteiger partial charge in [-0.25, -0.2) is 0 Å². The van der Waals surface area contributed by atoms with Gasteiger partial charge in [-0.05, 0) is 46.0 Å². The third kappa shape index (κ3) is 5.19. The molecule has 1 aromatic rings. The topological polar surface area (TPSA) is 36.0 Å². The third-order valence-corrected chi connectivity index (χ3v) is 5.43. The molecule has 5 heteroatoms. The Bertz CT molecular complexity index is 564. The molecule has 1 aliphatic heterocycles. The lowest BCUT2D eigenvalue weighted by Crippen LogP contribution is -2.49. The smallest absolute Gasteiger partial charge is 0.236 e. The van der Waals surface area contributed by atoms with Gasteiger partial charge in [0.25, 0.3) is 0 Å². The number of carbonyl (C=O) groups is 1. The summed E-state index contributed by atoms with van der Waals surface area (Å²) in [7, 11) is 5.61. The Balaban J connectivity index is 1.88. The molecule has 1 fully saturated rings. The van der Waals surface area contributed by atoms with Crippen LogP contribution in [0.3, 0.4) is 0 Å². The van der Waals surface area contributed by atoms with Crippen molar-refractivity contribution in [2.75, 3.05) is 40.8 Å². The summed E-state index contributed by atoms with van der Waals surface area (Å²) in [6.45, 7) is 7.78. The van der Waals surface area contributed by atoms with E-state index in [1.807, 2.05) is 31.3 Å². The fourth-order valence-electron chi connectivity index (χ4n) is 3.71. The average Bonchev–Trinajstić information content (AvgIpc) is 2.61. The molecule has 5 nitrogen and oxygen atoms in total. The van der Waals surface area contributed by atoms with Gasteiger partial charge in [-0.1, -0.05) is 25.1 Å². The highest BCUT2D eigenvalue weighted by Gasteiger charge is 2.28. The molecule has 25 heavy (non-hydrogen) atoms. The lowest BCUT2D eigenvalue weighted by atomic mass is 9.97. The molecular weight excluding hydrogens is 314 g/mol. The zero-order valence-corrected chi connectivity index (χ0v) is 16.4. The summed E-state index contributed by atoms with van der Waals surface area (Å²) in [5.41, 5.74) is 1.04. The summed E-state index contributed by atoms with van der Waals surface area (Å²) in [6.07, 6.45) is 2.27. The molecule has 2 rings (SSSR count). The van der Waals surface area contributed by atoms with Gasteiger partial charge in [-0.2, -0.15) is 0 Å². The first-order valence-electron chi connectivity index (χ1n) is 9.26. The number of hydrogen-bond donors (Lipinski definition) is 0. The van der Waals surface area contributed by atoms with Gasteiger partial charge in [0.15, 0.2) is 0 Å². The molecule has 0 N–H and O–H groups in total. The molecule has 0 aliphatic carbocycles. The molecule has 140 valence electrons. The largest absolute Gasteiger partial charge is 0.496 e. The van der Waals surface area contributed by atoms with Crippen LogP contribution >= 0.6 is 0 Å². The van der Waals surface area contributed by atoms with E-state index in [0.717, 1.165) is 37.2 Å².